The lowest BCUT2D eigenvalue weighted by atomic mass is 9.92. The molecule has 192 valence electrons. The third kappa shape index (κ3) is 5.49. The molecule has 1 aliphatic carbocycles. The van der Waals surface area contributed by atoms with Crippen LogP contribution < -0.4 is 10.1 Å². The Morgan fingerprint density at radius 3 is 2.47 bits per heavy atom. The smallest absolute Gasteiger partial charge is 0.416 e. The molecule has 1 aliphatic heterocycles. The van der Waals surface area contributed by atoms with E-state index in [1.807, 2.05) is 10.9 Å². The molecule has 0 spiro atoms. The summed E-state index contributed by atoms with van der Waals surface area (Å²) in [6.07, 6.45) is 2.81. The molecular formula is C26H29F3N4O3. The fraction of sp³-hybridized carbons (Fsp3) is 0.462. The number of halogens is 3. The van der Waals surface area contributed by atoms with Crippen LogP contribution in [0.1, 0.15) is 68.3 Å². The topological polar surface area (TPSA) is 81.4 Å². The van der Waals surface area contributed by atoms with E-state index < -0.39 is 17.3 Å². The summed E-state index contributed by atoms with van der Waals surface area (Å²) in [5.41, 5.74) is -1.62. The van der Waals surface area contributed by atoms with E-state index in [9.17, 15) is 18.3 Å². The zero-order valence-electron chi connectivity index (χ0n) is 20.2. The first-order valence-electron chi connectivity index (χ1n) is 12.1. The number of alkyl halides is 3. The molecule has 3 heterocycles. The van der Waals surface area contributed by atoms with E-state index in [-0.39, 0.29) is 17.2 Å². The van der Waals surface area contributed by atoms with Gasteiger partial charge >= 0.3 is 6.18 Å². The minimum absolute atomic E-state index is 0.195. The van der Waals surface area contributed by atoms with E-state index in [0.717, 1.165) is 37.4 Å². The molecule has 1 saturated carbocycles. The van der Waals surface area contributed by atoms with Crippen LogP contribution in [0.25, 0.3) is 0 Å². The Hall–Kier alpha value is -3.11. The van der Waals surface area contributed by atoms with Gasteiger partial charge in [-0.05, 0) is 63.3 Å². The lowest BCUT2D eigenvalue weighted by Gasteiger charge is -2.23. The quantitative estimate of drug-likeness (QED) is 0.395. The Bertz CT molecular complexity index is 1230. The van der Waals surface area contributed by atoms with Gasteiger partial charge in [-0.2, -0.15) is 18.3 Å². The van der Waals surface area contributed by atoms with Crippen molar-refractivity contribution in [1.82, 2.24) is 14.8 Å². The maximum absolute atomic E-state index is 13.7. The SMILES string of the molecule is CC(C)(O)c1ccc(Nc2cc(Oc3cn(C4CC4)nc3C3CCOCC3)ccn2)cc1C(F)(F)F. The summed E-state index contributed by atoms with van der Waals surface area (Å²) in [4.78, 5) is 4.24. The van der Waals surface area contributed by atoms with Gasteiger partial charge < -0.3 is 19.9 Å². The van der Waals surface area contributed by atoms with Crippen LogP contribution in [0, 0.1) is 0 Å². The Morgan fingerprint density at radius 1 is 1.06 bits per heavy atom. The van der Waals surface area contributed by atoms with Gasteiger partial charge in [0.2, 0.25) is 0 Å². The summed E-state index contributed by atoms with van der Waals surface area (Å²) in [6, 6.07) is 7.49. The third-order valence-electron chi connectivity index (χ3n) is 6.47. The molecule has 7 nitrogen and oxygen atoms in total. The molecule has 2 aliphatic rings. The highest BCUT2D eigenvalue weighted by Gasteiger charge is 2.37. The van der Waals surface area contributed by atoms with Crippen molar-refractivity contribution in [2.75, 3.05) is 18.5 Å². The lowest BCUT2D eigenvalue weighted by Crippen LogP contribution is -2.22. The molecule has 1 aromatic carbocycles. The second-order valence-corrected chi connectivity index (χ2v) is 9.90. The standard InChI is InChI=1S/C26H29F3N4O3/c1-25(2,34)20-6-3-17(13-21(20)26(27,28)29)31-23-14-19(7-10-30-23)36-22-15-33(18-4-5-18)32-24(22)16-8-11-35-12-9-16/h3,6-7,10,13-16,18,34H,4-5,8-9,11-12H2,1-2H3,(H,30,31). The molecule has 0 radical (unpaired) electrons. The van der Waals surface area contributed by atoms with Crippen LogP contribution in [0.15, 0.2) is 42.7 Å². The molecule has 36 heavy (non-hydrogen) atoms. The van der Waals surface area contributed by atoms with E-state index >= 15 is 0 Å². The molecule has 0 bridgehead atoms. The van der Waals surface area contributed by atoms with Crippen LogP contribution in [0.5, 0.6) is 11.5 Å². The normalized spacial score (nSPS) is 17.3. The number of ether oxygens (including phenoxy) is 2. The molecule has 5 rings (SSSR count). The Labute approximate surface area is 207 Å². The van der Waals surface area contributed by atoms with Gasteiger partial charge in [-0.1, -0.05) is 6.07 Å². The maximum Gasteiger partial charge on any atom is 0.416 e. The highest BCUT2D eigenvalue weighted by atomic mass is 19.4. The maximum atomic E-state index is 13.7. The van der Waals surface area contributed by atoms with Crippen molar-refractivity contribution in [3.05, 3.63) is 59.5 Å². The van der Waals surface area contributed by atoms with E-state index in [0.29, 0.717) is 36.6 Å². The van der Waals surface area contributed by atoms with Gasteiger partial charge in [0.15, 0.2) is 5.75 Å². The van der Waals surface area contributed by atoms with Crippen LogP contribution in [0.4, 0.5) is 24.7 Å². The summed E-state index contributed by atoms with van der Waals surface area (Å²) in [5, 5.41) is 17.9. The highest BCUT2D eigenvalue weighted by Crippen LogP contribution is 2.41. The van der Waals surface area contributed by atoms with Gasteiger partial charge in [0.05, 0.1) is 23.4 Å². The number of hydrogen-bond donors (Lipinski definition) is 2. The zero-order chi connectivity index (χ0) is 25.5. The molecule has 1 saturated heterocycles. The summed E-state index contributed by atoms with van der Waals surface area (Å²) in [7, 11) is 0. The fourth-order valence-electron chi connectivity index (χ4n) is 4.46. The van der Waals surface area contributed by atoms with Gasteiger partial charge in [-0.25, -0.2) is 4.98 Å². The average Bonchev–Trinajstić information content (AvgIpc) is 3.59. The van der Waals surface area contributed by atoms with Gasteiger partial charge in [-0.3, -0.25) is 4.68 Å². The van der Waals surface area contributed by atoms with Crippen LogP contribution in [0.2, 0.25) is 0 Å². The average molecular weight is 503 g/mol. The van der Waals surface area contributed by atoms with E-state index in [4.69, 9.17) is 14.6 Å². The Morgan fingerprint density at radius 2 is 1.81 bits per heavy atom. The number of hydrogen-bond acceptors (Lipinski definition) is 6. The number of pyridine rings is 1. The summed E-state index contributed by atoms with van der Waals surface area (Å²) in [6.45, 7) is 4.03. The Balaban J connectivity index is 1.39. The fourth-order valence-corrected chi connectivity index (χ4v) is 4.46. The van der Waals surface area contributed by atoms with Gasteiger partial charge in [0, 0.05) is 37.1 Å². The predicted molar refractivity (Wildman–Crippen MR) is 128 cm³/mol. The zero-order valence-corrected chi connectivity index (χ0v) is 20.2. The molecule has 0 atom stereocenters. The van der Waals surface area contributed by atoms with Crippen molar-refractivity contribution >= 4 is 11.5 Å². The minimum Gasteiger partial charge on any atom is -0.454 e. The van der Waals surface area contributed by atoms with Crippen molar-refractivity contribution in [2.24, 2.45) is 0 Å². The molecule has 0 amide bonds. The number of benzene rings is 1. The second kappa shape index (κ2) is 9.40. The lowest BCUT2D eigenvalue weighted by molar-refractivity contribution is -0.140. The largest absolute Gasteiger partial charge is 0.454 e. The third-order valence-corrected chi connectivity index (χ3v) is 6.47. The molecule has 2 N–H and O–H groups in total. The number of anilines is 2. The van der Waals surface area contributed by atoms with Crippen LogP contribution in [-0.4, -0.2) is 33.1 Å². The monoisotopic (exact) mass is 502 g/mol. The summed E-state index contributed by atoms with van der Waals surface area (Å²) < 4.78 is 54.7. The van der Waals surface area contributed by atoms with E-state index in [1.54, 1.807) is 12.1 Å². The van der Waals surface area contributed by atoms with Crippen LogP contribution in [-0.2, 0) is 16.5 Å². The molecule has 3 aromatic rings. The van der Waals surface area contributed by atoms with Gasteiger partial charge in [-0.15, -0.1) is 0 Å². The predicted octanol–water partition coefficient (Wildman–Crippen LogP) is 6.29. The van der Waals surface area contributed by atoms with Crippen molar-refractivity contribution in [2.45, 2.75) is 63.3 Å². The van der Waals surface area contributed by atoms with Gasteiger partial charge in [0.1, 0.15) is 17.3 Å². The first kappa shape index (κ1) is 24.6. The van der Waals surface area contributed by atoms with Gasteiger partial charge in [0.25, 0.3) is 0 Å². The second-order valence-electron chi connectivity index (χ2n) is 9.90. The number of aliphatic hydroxyl groups is 1. The summed E-state index contributed by atoms with van der Waals surface area (Å²) >= 11 is 0. The van der Waals surface area contributed by atoms with Crippen LogP contribution in [0.3, 0.4) is 0 Å². The minimum atomic E-state index is -4.62. The van der Waals surface area contributed by atoms with Crippen molar-refractivity contribution < 1.29 is 27.8 Å². The molecule has 2 fully saturated rings. The van der Waals surface area contributed by atoms with E-state index in [2.05, 4.69) is 10.3 Å². The number of rotatable bonds is 7. The van der Waals surface area contributed by atoms with Crippen molar-refractivity contribution in [3.8, 4) is 11.5 Å². The number of aromatic nitrogens is 3. The first-order valence-corrected chi connectivity index (χ1v) is 12.1. The summed E-state index contributed by atoms with van der Waals surface area (Å²) in [5.74, 6) is 1.77. The molecule has 0 unspecified atom stereocenters. The molecule has 10 heteroatoms. The highest BCUT2D eigenvalue weighted by molar-refractivity contribution is 5.60. The molecule has 2 aromatic heterocycles. The molecular weight excluding hydrogens is 473 g/mol. The van der Waals surface area contributed by atoms with Crippen molar-refractivity contribution in [1.29, 1.82) is 0 Å². The van der Waals surface area contributed by atoms with Crippen molar-refractivity contribution in [3.63, 3.8) is 0 Å². The number of nitrogens with one attached hydrogen (secondary N) is 1. The number of nitrogens with zero attached hydrogens (tertiary/aromatic N) is 3. The van der Waals surface area contributed by atoms with E-state index in [1.165, 1.54) is 32.2 Å². The Kier molecular flexibility index (Phi) is 6.42. The van der Waals surface area contributed by atoms with Crippen LogP contribution >= 0.6 is 0 Å². The first-order chi connectivity index (χ1) is 17.1.